The van der Waals surface area contributed by atoms with Crippen LogP contribution in [-0.4, -0.2) is 24.0 Å². The summed E-state index contributed by atoms with van der Waals surface area (Å²) in [6.07, 6.45) is 0. The molecule has 0 aliphatic rings. The molecule has 1 aromatic heterocycles. The van der Waals surface area contributed by atoms with E-state index >= 15 is 0 Å². The fraction of sp³-hybridized carbons (Fsp3) is 0.429. The van der Waals surface area contributed by atoms with Crippen molar-refractivity contribution >= 4 is 17.0 Å². The van der Waals surface area contributed by atoms with Crippen LogP contribution in [0, 0.1) is 6.92 Å². The number of fused-ring (bicyclic) bond motifs is 1. The van der Waals surface area contributed by atoms with Crippen molar-refractivity contribution in [3.8, 4) is 0 Å². The minimum Gasteiger partial charge on any atom is -0.441 e. The van der Waals surface area contributed by atoms with Crippen LogP contribution in [0.1, 0.15) is 25.3 Å². The molecular weight excluding hydrogens is 242 g/mol. The molecule has 0 aliphatic heterocycles. The van der Waals surface area contributed by atoms with Gasteiger partial charge in [-0.1, -0.05) is 19.9 Å². The van der Waals surface area contributed by atoms with Crippen molar-refractivity contribution in [3.05, 3.63) is 29.7 Å². The maximum atomic E-state index is 11.2. The van der Waals surface area contributed by atoms with Crippen molar-refractivity contribution in [2.24, 2.45) is 5.73 Å². The van der Waals surface area contributed by atoms with E-state index < -0.39 is 0 Å². The summed E-state index contributed by atoms with van der Waals surface area (Å²) in [5, 5.41) is 2.82. The SMILES string of the molecule is Cc1nc2cc(C(C)(C)CNC(=O)CN)ccc2o1. The number of rotatable bonds is 4. The summed E-state index contributed by atoms with van der Waals surface area (Å²) in [7, 11) is 0. The Morgan fingerprint density at radius 1 is 1.47 bits per heavy atom. The topological polar surface area (TPSA) is 81.2 Å². The summed E-state index contributed by atoms with van der Waals surface area (Å²) in [6.45, 7) is 6.51. The van der Waals surface area contributed by atoms with E-state index in [4.69, 9.17) is 10.2 Å². The highest BCUT2D eigenvalue weighted by atomic mass is 16.3. The van der Waals surface area contributed by atoms with E-state index in [0.717, 1.165) is 16.7 Å². The molecule has 0 fully saturated rings. The van der Waals surface area contributed by atoms with E-state index in [-0.39, 0.29) is 17.9 Å². The molecule has 5 nitrogen and oxygen atoms in total. The number of benzene rings is 1. The average molecular weight is 261 g/mol. The number of oxazole rings is 1. The molecule has 0 radical (unpaired) electrons. The van der Waals surface area contributed by atoms with Crippen LogP contribution in [0.4, 0.5) is 0 Å². The summed E-state index contributed by atoms with van der Waals surface area (Å²) in [5.74, 6) is 0.507. The molecule has 19 heavy (non-hydrogen) atoms. The number of hydrogen-bond acceptors (Lipinski definition) is 4. The normalized spacial score (nSPS) is 11.8. The smallest absolute Gasteiger partial charge is 0.233 e. The summed E-state index contributed by atoms with van der Waals surface area (Å²) in [4.78, 5) is 15.6. The maximum absolute atomic E-state index is 11.2. The molecule has 0 unspecified atom stereocenters. The Balaban J connectivity index is 2.23. The van der Waals surface area contributed by atoms with Crippen molar-refractivity contribution in [1.82, 2.24) is 10.3 Å². The zero-order valence-electron chi connectivity index (χ0n) is 11.5. The Kier molecular flexibility index (Phi) is 3.57. The number of hydrogen-bond donors (Lipinski definition) is 2. The lowest BCUT2D eigenvalue weighted by Gasteiger charge is -2.25. The third-order valence-electron chi connectivity index (χ3n) is 3.19. The number of carbonyl (C=O) groups is 1. The lowest BCUT2D eigenvalue weighted by molar-refractivity contribution is -0.119. The third kappa shape index (κ3) is 2.93. The Hall–Kier alpha value is -1.88. The number of amides is 1. The highest BCUT2D eigenvalue weighted by Gasteiger charge is 2.22. The van der Waals surface area contributed by atoms with E-state index in [0.29, 0.717) is 12.4 Å². The summed E-state index contributed by atoms with van der Waals surface area (Å²) in [6, 6.07) is 5.92. The molecular formula is C14H19N3O2. The van der Waals surface area contributed by atoms with Crippen LogP contribution in [0.2, 0.25) is 0 Å². The van der Waals surface area contributed by atoms with Gasteiger partial charge in [-0.2, -0.15) is 0 Å². The quantitative estimate of drug-likeness (QED) is 0.873. The van der Waals surface area contributed by atoms with Crippen LogP contribution < -0.4 is 11.1 Å². The molecule has 2 aromatic rings. The molecule has 2 rings (SSSR count). The molecule has 0 aliphatic carbocycles. The summed E-state index contributed by atoms with van der Waals surface area (Å²) in [5.41, 5.74) is 7.82. The average Bonchev–Trinajstić information content (AvgIpc) is 2.74. The predicted octanol–water partition coefficient (Wildman–Crippen LogP) is 1.49. The molecule has 1 heterocycles. The van der Waals surface area contributed by atoms with Crippen LogP contribution in [0.5, 0.6) is 0 Å². The van der Waals surface area contributed by atoms with Gasteiger partial charge in [0, 0.05) is 18.9 Å². The van der Waals surface area contributed by atoms with Gasteiger partial charge in [0.05, 0.1) is 6.54 Å². The lowest BCUT2D eigenvalue weighted by atomic mass is 9.84. The van der Waals surface area contributed by atoms with Crippen molar-refractivity contribution in [3.63, 3.8) is 0 Å². The second kappa shape index (κ2) is 5.01. The van der Waals surface area contributed by atoms with Gasteiger partial charge in [-0.15, -0.1) is 0 Å². The largest absolute Gasteiger partial charge is 0.441 e. The van der Waals surface area contributed by atoms with Crippen molar-refractivity contribution in [2.75, 3.05) is 13.1 Å². The second-order valence-corrected chi connectivity index (χ2v) is 5.28. The first-order valence-electron chi connectivity index (χ1n) is 6.27. The fourth-order valence-corrected chi connectivity index (χ4v) is 1.96. The van der Waals surface area contributed by atoms with Crippen LogP contribution >= 0.6 is 0 Å². The third-order valence-corrected chi connectivity index (χ3v) is 3.19. The van der Waals surface area contributed by atoms with Crippen LogP contribution in [0.15, 0.2) is 22.6 Å². The van der Waals surface area contributed by atoms with Gasteiger partial charge in [-0.25, -0.2) is 4.98 Å². The second-order valence-electron chi connectivity index (χ2n) is 5.28. The molecule has 0 spiro atoms. The predicted molar refractivity (Wildman–Crippen MR) is 73.8 cm³/mol. The zero-order chi connectivity index (χ0) is 14.0. The number of nitrogens with two attached hydrogens (primary N) is 1. The first-order chi connectivity index (χ1) is 8.92. The highest BCUT2D eigenvalue weighted by molar-refractivity contribution is 5.78. The van der Waals surface area contributed by atoms with Gasteiger partial charge < -0.3 is 15.5 Å². The van der Waals surface area contributed by atoms with Gasteiger partial charge in [0.2, 0.25) is 5.91 Å². The van der Waals surface area contributed by atoms with Gasteiger partial charge >= 0.3 is 0 Å². The van der Waals surface area contributed by atoms with Crippen molar-refractivity contribution < 1.29 is 9.21 Å². The van der Waals surface area contributed by atoms with E-state index in [9.17, 15) is 4.79 Å². The number of nitrogens with one attached hydrogen (secondary N) is 1. The number of aromatic nitrogens is 1. The molecule has 1 amide bonds. The molecule has 0 saturated carbocycles. The summed E-state index contributed by atoms with van der Waals surface area (Å²) < 4.78 is 5.45. The van der Waals surface area contributed by atoms with Gasteiger partial charge in [-0.3, -0.25) is 4.79 Å². The van der Waals surface area contributed by atoms with E-state index in [1.807, 2.05) is 25.1 Å². The first-order valence-corrected chi connectivity index (χ1v) is 6.27. The molecule has 0 atom stereocenters. The van der Waals surface area contributed by atoms with Gasteiger partial charge in [0.1, 0.15) is 5.52 Å². The zero-order valence-corrected chi connectivity index (χ0v) is 11.5. The van der Waals surface area contributed by atoms with Crippen LogP contribution in [0.25, 0.3) is 11.1 Å². The molecule has 3 N–H and O–H groups in total. The van der Waals surface area contributed by atoms with Gasteiger partial charge in [-0.05, 0) is 17.7 Å². The Morgan fingerprint density at radius 3 is 2.89 bits per heavy atom. The summed E-state index contributed by atoms with van der Waals surface area (Å²) >= 11 is 0. The minimum atomic E-state index is -0.189. The molecule has 5 heteroatoms. The fourth-order valence-electron chi connectivity index (χ4n) is 1.96. The Labute approximate surface area is 112 Å². The monoisotopic (exact) mass is 261 g/mol. The molecule has 102 valence electrons. The van der Waals surface area contributed by atoms with E-state index in [1.54, 1.807) is 0 Å². The highest BCUT2D eigenvalue weighted by Crippen LogP contribution is 2.26. The number of nitrogens with zero attached hydrogens (tertiary/aromatic N) is 1. The minimum absolute atomic E-state index is 0.0115. The standard InChI is InChI=1S/C14H19N3O2/c1-9-17-11-6-10(4-5-12(11)19-9)14(2,3)8-16-13(18)7-15/h4-6H,7-8,15H2,1-3H3,(H,16,18). The van der Waals surface area contributed by atoms with E-state index in [2.05, 4.69) is 24.1 Å². The number of carbonyl (C=O) groups excluding carboxylic acids is 1. The van der Waals surface area contributed by atoms with E-state index in [1.165, 1.54) is 0 Å². The molecule has 0 bridgehead atoms. The van der Waals surface area contributed by atoms with Crippen molar-refractivity contribution in [2.45, 2.75) is 26.2 Å². The Bertz CT molecular complexity index is 602. The van der Waals surface area contributed by atoms with Crippen LogP contribution in [-0.2, 0) is 10.2 Å². The lowest BCUT2D eigenvalue weighted by Crippen LogP contribution is -2.39. The Morgan fingerprint density at radius 2 is 2.21 bits per heavy atom. The van der Waals surface area contributed by atoms with Crippen molar-refractivity contribution in [1.29, 1.82) is 0 Å². The molecule has 1 aromatic carbocycles. The van der Waals surface area contributed by atoms with Crippen LogP contribution in [0.3, 0.4) is 0 Å². The molecule has 0 saturated heterocycles. The van der Waals surface area contributed by atoms with Gasteiger partial charge in [0.25, 0.3) is 0 Å². The first kappa shape index (κ1) is 13.5. The van der Waals surface area contributed by atoms with Gasteiger partial charge in [0.15, 0.2) is 11.5 Å². The maximum Gasteiger partial charge on any atom is 0.233 e. The number of aryl methyl sites for hydroxylation is 1.